The molecule has 0 bridgehead atoms. The van der Waals surface area contributed by atoms with Gasteiger partial charge in [-0.25, -0.2) is 0 Å². The fourth-order valence-corrected chi connectivity index (χ4v) is 0.602. The van der Waals surface area contributed by atoms with Crippen molar-refractivity contribution < 1.29 is 19.0 Å². The second kappa shape index (κ2) is 9.94. The summed E-state index contributed by atoms with van der Waals surface area (Å²) in [7, 11) is -2.18. The largest absolute Gasteiger partial charge is 0.579 e. The molecule has 4 nitrogen and oxygen atoms in total. The Morgan fingerprint density at radius 2 is 1.93 bits per heavy atom. The zero-order chi connectivity index (χ0) is 12.5. The number of hydrogen-bond donors (Lipinski definition) is 2. The third-order valence-electron chi connectivity index (χ3n) is 0.851. The maximum atomic E-state index is 10.7. The van der Waals surface area contributed by atoms with Gasteiger partial charge in [0.2, 0.25) is 3.79 Å². The van der Waals surface area contributed by atoms with Gasteiger partial charge in [-0.3, -0.25) is 4.79 Å². The zero-order valence-corrected chi connectivity index (χ0v) is 11.9. The lowest BCUT2D eigenvalue weighted by Gasteiger charge is -2.10. The molecule has 0 radical (unpaired) electrons. The number of hydrogen-bond acceptors (Lipinski definition) is 3. The van der Waals surface area contributed by atoms with E-state index in [1.165, 1.54) is 0 Å². The van der Waals surface area contributed by atoms with Gasteiger partial charge >= 0.3 is 13.2 Å². The van der Waals surface area contributed by atoms with E-state index in [1.54, 1.807) is 0 Å². The first kappa shape index (κ1) is 18.1. The van der Waals surface area contributed by atoms with Crippen molar-refractivity contribution in [3.05, 3.63) is 0 Å². The first-order chi connectivity index (χ1) is 6.69. The highest BCUT2D eigenvalue weighted by Crippen LogP contribution is 2.25. The highest BCUT2D eigenvalue weighted by Gasteiger charge is 2.21. The lowest BCUT2D eigenvalue weighted by molar-refractivity contribution is -0.143. The quantitative estimate of drug-likeness (QED) is 0.363. The molecule has 0 saturated carbocycles. The molecule has 0 aliphatic rings. The summed E-state index contributed by atoms with van der Waals surface area (Å²) in [6.45, 7) is 1.69. The molecule has 0 saturated heterocycles. The van der Waals surface area contributed by atoms with E-state index in [2.05, 4.69) is 17.0 Å². The third-order valence-corrected chi connectivity index (χ3v) is 1.18. The summed E-state index contributed by atoms with van der Waals surface area (Å²) in [5.74, 6) is -0.334. The van der Waals surface area contributed by atoms with Crippen molar-refractivity contribution >= 4 is 60.3 Å². The van der Waals surface area contributed by atoms with E-state index >= 15 is 0 Å². The minimum Gasteiger partial charge on any atom is -0.461 e. The maximum absolute atomic E-state index is 10.7. The Bertz CT molecular complexity index is 205. The van der Waals surface area contributed by atoms with Gasteiger partial charge in [0, 0.05) is 6.42 Å². The van der Waals surface area contributed by atoms with Crippen molar-refractivity contribution in [3.8, 4) is 0 Å². The molecular weight excluding hydrogens is 305 g/mol. The average molecular weight is 317 g/mol. The van der Waals surface area contributed by atoms with Crippen molar-refractivity contribution in [2.24, 2.45) is 0 Å². The van der Waals surface area contributed by atoms with Crippen LogP contribution in [0.25, 0.3) is 0 Å². The Balaban J connectivity index is 0. The van der Waals surface area contributed by atoms with Crippen LogP contribution in [0.4, 0.5) is 0 Å². The molecule has 0 aliphatic heterocycles. The molecule has 0 aromatic heterocycles. The predicted molar refractivity (Wildman–Crippen MR) is 65.0 cm³/mol. The summed E-state index contributed by atoms with van der Waals surface area (Å²) in [6.07, 6.45) is 1.10. The van der Waals surface area contributed by atoms with Crippen molar-refractivity contribution in [1.82, 2.24) is 0 Å². The molecule has 9 heteroatoms. The molecule has 90 valence electrons. The van der Waals surface area contributed by atoms with E-state index in [4.69, 9.17) is 44.3 Å². The van der Waals surface area contributed by atoms with Gasteiger partial charge in [0.1, 0.15) is 18.9 Å². The fraction of sp³-hybridized carbons (Fsp3) is 0.833. The highest BCUT2D eigenvalue weighted by molar-refractivity contribution is 8.38. The molecule has 0 aromatic rings. The van der Waals surface area contributed by atoms with E-state index < -0.39 is 11.0 Å². The smallest absolute Gasteiger partial charge is 0.461 e. The molecule has 0 amide bonds. The monoisotopic (exact) mass is 315 g/mol. The Kier molecular flexibility index (Phi) is 12.0. The van der Waals surface area contributed by atoms with Gasteiger partial charge in [-0.15, -0.1) is 0 Å². The first-order valence-corrected chi connectivity index (χ1v) is 7.26. The number of esters is 1. The van der Waals surface area contributed by atoms with Crippen LogP contribution in [0, 0.1) is 0 Å². The van der Waals surface area contributed by atoms with Gasteiger partial charge in [0.25, 0.3) is 0 Å². The highest BCUT2D eigenvalue weighted by atomic mass is 35.6. The number of alkyl halides is 3. The number of thiol groups is 1. The lowest BCUT2D eigenvalue weighted by Crippen LogP contribution is -2.16. The minimum atomic E-state index is -2.18. The Morgan fingerprint density at radius 1 is 1.53 bits per heavy atom. The van der Waals surface area contributed by atoms with Gasteiger partial charge in [0.15, 0.2) is 0 Å². The van der Waals surface area contributed by atoms with Crippen LogP contribution in [-0.2, 0) is 14.1 Å². The molecule has 0 heterocycles. The summed E-state index contributed by atoms with van der Waals surface area (Å²) >= 11 is 19.0. The normalized spacial score (nSPS) is 11.2. The molecule has 0 spiro atoms. The third kappa shape index (κ3) is 25.2. The molecule has 0 fully saturated rings. The van der Waals surface area contributed by atoms with Gasteiger partial charge in [0.05, 0.1) is 0 Å². The number of carbonyl (C=O) groups excluding carboxylic acids is 1. The molecule has 0 aliphatic carbocycles. The zero-order valence-electron chi connectivity index (χ0n) is 7.82. The van der Waals surface area contributed by atoms with Gasteiger partial charge in [-0.2, -0.15) is 4.89 Å². The predicted octanol–water partition coefficient (Wildman–Crippen LogP) is 3.27. The number of ether oxygens (including phenoxy) is 1. The van der Waals surface area contributed by atoms with Crippen LogP contribution < -0.4 is 0 Å². The van der Waals surface area contributed by atoms with Gasteiger partial charge < -0.3 is 4.74 Å². The van der Waals surface area contributed by atoms with Crippen molar-refractivity contribution in [1.29, 1.82) is 0 Å². The van der Waals surface area contributed by atoms with Crippen LogP contribution in [0.2, 0.25) is 0 Å². The standard InChI is InChI=1S/C6H9Cl3O2.HO2PS/c1-2-3-5(10)11-4-6(7,8)9;1-3(2)4/h2-4H2,1H3;(H-,1,2,4)/p+1. The Hall–Kier alpha value is 0.750. The van der Waals surface area contributed by atoms with E-state index in [-0.39, 0.29) is 12.6 Å². The molecule has 1 atom stereocenters. The molecule has 1 N–H and O–H groups in total. The maximum Gasteiger partial charge on any atom is 0.579 e. The summed E-state index contributed by atoms with van der Waals surface area (Å²) in [4.78, 5) is 18.1. The van der Waals surface area contributed by atoms with Gasteiger partial charge in [-0.05, 0) is 11.0 Å². The number of rotatable bonds is 3. The summed E-state index contributed by atoms with van der Waals surface area (Å²) in [6, 6.07) is 0. The second-order valence-corrected chi connectivity index (χ2v) is 6.33. The van der Waals surface area contributed by atoms with Crippen molar-refractivity contribution in [2.75, 3.05) is 6.61 Å². The summed E-state index contributed by atoms with van der Waals surface area (Å²) < 4.78 is 12.1. The topological polar surface area (TPSA) is 63.6 Å². The van der Waals surface area contributed by atoms with E-state index in [0.29, 0.717) is 6.42 Å². The van der Waals surface area contributed by atoms with Crippen molar-refractivity contribution in [3.63, 3.8) is 0 Å². The van der Waals surface area contributed by atoms with Crippen LogP contribution in [-0.4, -0.2) is 21.3 Å². The summed E-state index contributed by atoms with van der Waals surface area (Å²) in [5.41, 5.74) is 0. The van der Waals surface area contributed by atoms with Crippen LogP contribution in [0.3, 0.4) is 0 Å². The lowest BCUT2D eigenvalue weighted by atomic mass is 10.3. The van der Waals surface area contributed by atoms with E-state index in [9.17, 15) is 4.79 Å². The molecule has 15 heavy (non-hydrogen) atoms. The summed E-state index contributed by atoms with van der Waals surface area (Å²) in [5, 5.41) is 0. The second-order valence-electron chi connectivity index (χ2n) is 2.28. The SMILES string of the molecule is CCCC(=O)OCC(Cl)(Cl)Cl.O=[P+](O)S. The Labute approximate surface area is 109 Å². The van der Waals surface area contributed by atoms with Crippen LogP contribution in [0.5, 0.6) is 0 Å². The van der Waals surface area contributed by atoms with E-state index in [1.807, 2.05) is 6.92 Å². The van der Waals surface area contributed by atoms with Crippen molar-refractivity contribution in [2.45, 2.75) is 23.6 Å². The fourth-order valence-electron chi connectivity index (χ4n) is 0.439. The van der Waals surface area contributed by atoms with Gasteiger partial charge in [-0.1, -0.05) is 41.7 Å². The average Bonchev–Trinajstić information content (AvgIpc) is 1.99. The van der Waals surface area contributed by atoms with Crippen LogP contribution >= 0.6 is 54.3 Å². The number of carbonyl (C=O) groups is 1. The molecule has 0 rings (SSSR count). The molecular formula is C6H11Cl3O4PS+. The van der Waals surface area contributed by atoms with E-state index in [0.717, 1.165) is 6.42 Å². The minimum absolute atomic E-state index is 0.184. The molecule has 0 aromatic carbocycles. The first-order valence-electron chi connectivity index (χ1n) is 3.76. The molecule has 1 unspecified atom stereocenters. The van der Waals surface area contributed by atoms with Crippen LogP contribution in [0.15, 0.2) is 0 Å². The van der Waals surface area contributed by atoms with Crippen LogP contribution in [0.1, 0.15) is 19.8 Å². The Morgan fingerprint density at radius 3 is 2.20 bits per heavy atom. The number of halogens is 3.